The fraction of sp³-hybridized carbons (Fsp3) is 0.100. The molecular weight excluding hydrogens is 350 g/mol. The Balaban J connectivity index is 2.06. The molecule has 0 unspecified atom stereocenters. The standard InChI is InChI=1S/C20H15NO4S/c1-11-6-5-7-12(10-11)26-18-16(22)15-17(25-20(18)24)13-8-3-4-9-14(13)21(2)19(15)23/h3-10,22H,1-2H3. The van der Waals surface area contributed by atoms with Gasteiger partial charge in [0.2, 0.25) is 0 Å². The number of hydrogen-bond acceptors (Lipinski definition) is 5. The predicted octanol–water partition coefficient (Wildman–Crippen LogP) is 3.81. The number of benzene rings is 2. The lowest BCUT2D eigenvalue weighted by atomic mass is 10.1. The van der Waals surface area contributed by atoms with E-state index >= 15 is 0 Å². The van der Waals surface area contributed by atoms with Crippen molar-refractivity contribution < 1.29 is 9.52 Å². The van der Waals surface area contributed by atoms with Crippen molar-refractivity contribution in [1.29, 1.82) is 0 Å². The van der Waals surface area contributed by atoms with Crippen LogP contribution in [-0.4, -0.2) is 9.67 Å². The van der Waals surface area contributed by atoms with Gasteiger partial charge < -0.3 is 14.1 Å². The highest BCUT2D eigenvalue weighted by Gasteiger charge is 2.21. The van der Waals surface area contributed by atoms with Gasteiger partial charge in [0.25, 0.3) is 5.56 Å². The van der Waals surface area contributed by atoms with Gasteiger partial charge in [0.1, 0.15) is 10.3 Å². The molecule has 0 aliphatic carbocycles. The molecule has 1 N–H and O–H groups in total. The Labute approximate surface area is 152 Å². The summed E-state index contributed by atoms with van der Waals surface area (Å²) in [5.41, 5.74) is 0.693. The number of nitrogens with zero attached hydrogens (tertiary/aromatic N) is 1. The van der Waals surface area contributed by atoms with E-state index in [0.717, 1.165) is 22.2 Å². The van der Waals surface area contributed by atoms with E-state index in [1.165, 1.54) is 4.57 Å². The minimum absolute atomic E-state index is 0.00970. The first-order chi connectivity index (χ1) is 12.5. The number of aromatic hydroxyl groups is 1. The van der Waals surface area contributed by atoms with Crippen molar-refractivity contribution in [3.8, 4) is 5.75 Å². The van der Waals surface area contributed by atoms with Crippen LogP contribution in [0.4, 0.5) is 0 Å². The fourth-order valence-corrected chi connectivity index (χ4v) is 3.97. The van der Waals surface area contributed by atoms with Crippen LogP contribution in [0.2, 0.25) is 0 Å². The Hall–Kier alpha value is -2.99. The smallest absolute Gasteiger partial charge is 0.354 e. The summed E-state index contributed by atoms with van der Waals surface area (Å²) >= 11 is 1.09. The largest absolute Gasteiger partial charge is 0.505 e. The summed E-state index contributed by atoms with van der Waals surface area (Å²) < 4.78 is 6.92. The number of rotatable bonds is 2. The lowest BCUT2D eigenvalue weighted by Crippen LogP contribution is -2.19. The molecule has 0 fully saturated rings. The summed E-state index contributed by atoms with van der Waals surface area (Å²) in [6, 6.07) is 14.6. The normalized spacial score (nSPS) is 11.3. The minimum atomic E-state index is -0.667. The Morgan fingerprint density at radius 2 is 1.85 bits per heavy atom. The molecule has 0 saturated carbocycles. The quantitative estimate of drug-likeness (QED) is 0.547. The summed E-state index contributed by atoms with van der Waals surface area (Å²) in [6.45, 7) is 1.94. The van der Waals surface area contributed by atoms with Crippen LogP contribution >= 0.6 is 11.8 Å². The zero-order valence-corrected chi connectivity index (χ0v) is 15.0. The van der Waals surface area contributed by atoms with Crippen LogP contribution in [0.5, 0.6) is 5.75 Å². The Bertz CT molecular complexity index is 1290. The monoisotopic (exact) mass is 365 g/mol. The first-order valence-corrected chi connectivity index (χ1v) is 8.81. The van der Waals surface area contributed by atoms with Gasteiger partial charge in [-0.15, -0.1) is 0 Å². The van der Waals surface area contributed by atoms with Crippen molar-refractivity contribution in [2.24, 2.45) is 7.05 Å². The first kappa shape index (κ1) is 16.5. The van der Waals surface area contributed by atoms with Gasteiger partial charge in [-0.25, -0.2) is 4.79 Å². The van der Waals surface area contributed by atoms with E-state index < -0.39 is 11.2 Å². The Kier molecular flexibility index (Phi) is 3.85. The van der Waals surface area contributed by atoms with Gasteiger partial charge in [-0.2, -0.15) is 0 Å². The third-order valence-corrected chi connectivity index (χ3v) is 5.35. The molecule has 2 aromatic carbocycles. The highest BCUT2D eigenvalue weighted by atomic mass is 32.2. The topological polar surface area (TPSA) is 72.4 Å². The highest BCUT2D eigenvalue weighted by molar-refractivity contribution is 7.99. The molecule has 2 heterocycles. The van der Waals surface area contributed by atoms with Gasteiger partial charge in [-0.05, 0) is 31.2 Å². The van der Waals surface area contributed by atoms with E-state index in [4.69, 9.17) is 4.42 Å². The van der Waals surface area contributed by atoms with Crippen molar-refractivity contribution in [2.45, 2.75) is 16.7 Å². The number of hydrogen-bond donors (Lipinski definition) is 1. The Morgan fingerprint density at radius 3 is 2.62 bits per heavy atom. The molecule has 0 amide bonds. The summed E-state index contributed by atoms with van der Waals surface area (Å²) in [6.07, 6.45) is 0. The second kappa shape index (κ2) is 6.07. The van der Waals surface area contributed by atoms with Crippen LogP contribution in [0.1, 0.15) is 5.56 Å². The summed E-state index contributed by atoms with van der Waals surface area (Å²) in [4.78, 5) is 26.1. The van der Waals surface area contributed by atoms with Crippen molar-refractivity contribution >= 4 is 33.6 Å². The Morgan fingerprint density at radius 1 is 1.08 bits per heavy atom. The van der Waals surface area contributed by atoms with Crippen LogP contribution in [0.15, 0.2) is 72.3 Å². The molecule has 5 nitrogen and oxygen atoms in total. The maximum Gasteiger partial charge on any atom is 0.354 e. The second-order valence-electron chi connectivity index (χ2n) is 6.07. The molecule has 4 rings (SSSR count). The van der Waals surface area contributed by atoms with E-state index in [0.29, 0.717) is 10.9 Å². The van der Waals surface area contributed by atoms with Gasteiger partial charge in [0.15, 0.2) is 11.3 Å². The molecule has 0 aliphatic rings. The zero-order valence-electron chi connectivity index (χ0n) is 14.1. The molecule has 2 aromatic heterocycles. The average Bonchev–Trinajstić information content (AvgIpc) is 2.63. The molecule has 6 heteroatoms. The molecule has 130 valence electrons. The first-order valence-electron chi connectivity index (χ1n) is 7.99. The molecular formula is C20H15NO4S. The van der Waals surface area contributed by atoms with Crippen molar-refractivity contribution in [3.05, 3.63) is 74.9 Å². The van der Waals surface area contributed by atoms with Crippen LogP contribution in [0, 0.1) is 6.92 Å². The lowest BCUT2D eigenvalue weighted by molar-refractivity contribution is 0.447. The molecule has 4 aromatic rings. The van der Waals surface area contributed by atoms with E-state index in [-0.39, 0.29) is 21.6 Å². The zero-order chi connectivity index (χ0) is 18.4. The molecule has 0 radical (unpaired) electrons. The molecule has 0 bridgehead atoms. The molecule has 0 atom stereocenters. The van der Waals surface area contributed by atoms with Gasteiger partial charge in [-0.1, -0.05) is 41.6 Å². The third-order valence-electron chi connectivity index (χ3n) is 4.30. The SMILES string of the molecule is Cc1cccc(Sc2c(O)c3c(=O)n(C)c4ccccc4c3oc2=O)c1. The number of para-hydroxylation sites is 1. The number of pyridine rings is 1. The van der Waals surface area contributed by atoms with Gasteiger partial charge in [0, 0.05) is 17.3 Å². The third kappa shape index (κ3) is 2.50. The number of aryl methyl sites for hydroxylation is 2. The van der Waals surface area contributed by atoms with Crippen molar-refractivity contribution in [3.63, 3.8) is 0 Å². The summed E-state index contributed by atoms with van der Waals surface area (Å²) in [5.74, 6) is -0.339. The minimum Gasteiger partial charge on any atom is -0.505 e. The van der Waals surface area contributed by atoms with E-state index in [1.807, 2.05) is 31.2 Å². The average molecular weight is 365 g/mol. The van der Waals surface area contributed by atoms with Crippen molar-refractivity contribution in [2.75, 3.05) is 0 Å². The van der Waals surface area contributed by atoms with Gasteiger partial charge in [-0.3, -0.25) is 4.79 Å². The van der Waals surface area contributed by atoms with Crippen molar-refractivity contribution in [1.82, 2.24) is 4.57 Å². The van der Waals surface area contributed by atoms with E-state index in [1.54, 1.807) is 31.3 Å². The van der Waals surface area contributed by atoms with Crippen LogP contribution in [0.3, 0.4) is 0 Å². The predicted molar refractivity (Wildman–Crippen MR) is 102 cm³/mol. The number of aromatic nitrogens is 1. The second-order valence-corrected chi connectivity index (χ2v) is 7.16. The summed E-state index contributed by atoms with van der Waals surface area (Å²) in [7, 11) is 1.63. The van der Waals surface area contributed by atoms with Crippen LogP contribution in [0.25, 0.3) is 21.9 Å². The molecule has 0 saturated heterocycles. The summed E-state index contributed by atoms with van der Waals surface area (Å²) in [5, 5.41) is 11.3. The lowest BCUT2D eigenvalue weighted by Gasteiger charge is -2.11. The van der Waals surface area contributed by atoms with Gasteiger partial charge >= 0.3 is 5.63 Å². The molecule has 0 spiro atoms. The highest BCUT2D eigenvalue weighted by Crippen LogP contribution is 2.37. The van der Waals surface area contributed by atoms with Crippen LogP contribution < -0.4 is 11.2 Å². The molecule has 0 aliphatic heterocycles. The maximum absolute atomic E-state index is 12.8. The maximum atomic E-state index is 12.8. The molecule has 26 heavy (non-hydrogen) atoms. The van der Waals surface area contributed by atoms with Gasteiger partial charge in [0.05, 0.1) is 5.52 Å². The van der Waals surface area contributed by atoms with E-state index in [2.05, 4.69) is 0 Å². The fourth-order valence-electron chi connectivity index (χ4n) is 3.02. The van der Waals surface area contributed by atoms with Crippen LogP contribution in [-0.2, 0) is 7.05 Å². The number of fused-ring (bicyclic) bond motifs is 3. The van der Waals surface area contributed by atoms with E-state index in [9.17, 15) is 14.7 Å².